The Morgan fingerprint density at radius 3 is 2.14 bits per heavy atom. The molecule has 1 nitrogen and oxygen atoms in total. The minimum atomic E-state index is -0.211. The Kier molecular flexibility index (Phi) is 5.43. The second kappa shape index (κ2) is 5.55. The van der Waals surface area contributed by atoms with Crippen molar-refractivity contribution >= 4 is 0 Å². The van der Waals surface area contributed by atoms with Gasteiger partial charge in [-0.25, -0.2) is 0 Å². The van der Waals surface area contributed by atoms with Gasteiger partial charge in [-0.15, -0.1) is 0 Å². The molecule has 0 aromatic heterocycles. The van der Waals surface area contributed by atoms with Gasteiger partial charge < -0.3 is 5.11 Å². The second-order valence-corrected chi connectivity index (χ2v) is 5.34. The van der Waals surface area contributed by atoms with Crippen LogP contribution in [0.1, 0.15) is 54.4 Å². The molecule has 0 saturated heterocycles. The number of hydrogen-bond donors (Lipinski definition) is 1. The van der Waals surface area contributed by atoms with E-state index in [-0.39, 0.29) is 11.5 Å². The van der Waals surface area contributed by atoms with E-state index in [0.29, 0.717) is 5.92 Å². The third-order valence-electron chi connectivity index (χ3n) is 3.30. The summed E-state index contributed by atoms with van der Waals surface area (Å²) in [5.74, 6) is 0.355. The third kappa shape index (κ3) is 4.80. The molecule has 1 N–H and O–H groups in total. The molecule has 0 spiro atoms. The number of aliphatic hydroxyl groups is 1. The van der Waals surface area contributed by atoms with Crippen molar-refractivity contribution in [1.82, 2.24) is 0 Å². The van der Waals surface area contributed by atoms with Crippen LogP contribution in [-0.2, 0) is 0 Å². The summed E-state index contributed by atoms with van der Waals surface area (Å²) in [5.41, 5.74) is 1.60. The van der Waals surface area contributed by atoms with Gasteiger partial charge in [0.05, 0.1) is 6.10 Å². The van der Waals surface area contributed by atoms with Gasteiger partial charge in [-0.05, 0) is 44.9 Å². The number of rotatable bonds is 5. The summed E-state index contributed by atoms with van der Waals surface area (Å²) in [6, 6.07) is 0. The molecule has 0 amide bonds. The molecule has 1 heteroatoms. The van der Waals surface area contributed by atoms with Crippen LogP contribution in [0.2, 0.25) is 0 Å². The number of allylic oxidation sites excluding steroid dienone is 2. The molecule has 0 rings (SSSR count). The Hall–Kier alpha value is -0.300. The average molecular weight is 198 g/mol. The summed E-state index contributed by atoms with van der Waals surface area (Å²) in [7, 11) is 0. The van der Waals surface area contributed by atoms with Crippen LogP contribution >= 0.6 is 0 Å². The van der Waals surface area contributed by atoms with Crippen molar-refractivity contribution in [2.45, 2.75) is 60.5 Å². The van der Waals surface area contributed by atoms with E-state index in [9.17, 15) is 5.11 Å². The maximum Gasteiger partial charge on any atom is 0.0542 e. The molecular formula is C13H26O. The second-order valence-electron chi connectivity index (χ2n) is 5.34. The molecule has 84 valence electrons. The lowest BCUT2D eigenvalue weighted by atomic mass is 9.74. The van der Waals surface area contributed by atoms with Crippen LogP contribution < -0.4 is 0 Å². The molecule has 0 unspecified atom stereocenters. The zero-order valence-corrected chi connectivity index (χ0v) is 10.6. The zero-order chi connectivity index (χ0) is 11.4. The predicted octanol–water partition coefficient (Wildman–Crippen LogP) is 3.78. The standard InChI is InChI=1S/C13H26O/c1-10(2)8-7-9-13(5,6)11(3)12(4)14/h8,11-12,14H,7,9H2,1-6H3/t11-,12+/m1/s1. The van der Waals surface area contributed by atoms with Gasteiger partial charge in [0.15, 0.2) is 0 Å². The van der Waals surface area contributed by atoms with Crippen molar-refractivity contribution in [2.24, 2.45) is 11.3 Å². The van der Waals surface area contributed by atoms with Gasteiger partial charge in [0, 0.05) is 0 Å². The highest BCUT2D eigenvalue weighted by Crippen LogP contribution is 2.34. The van der Waals surface area contributed by atoms with Gasteiger partial charge in [-0.2, -0.15) is 0 Å². The highest BCUT2D eigenvalue weighted by molar-refractivity contribution is 4.94. The molecule has 0 aliphatic carbocycles. The van der Waals surface area contributed by atoms with E-state index in [1.54, 1.807) is 0 Å². The lowest BCUT2D eigenvalue weighted by Crippen LogP contribution is -2.30. The monoisotopic (exact) mass is 198 g/mol. The Morgan fingerprint density at radius 1 is 1.29 bits per heavy atom. The van der Waals surface area contributed by atoms with E-state index in [2.05, 4.69) is 40.7 Å². The topological polar surface area (TPSA) is 20.2 Å². The van der Waals surface area contributed by atoms with Gasteiger partial charge in [0.2, 0.25) is 0 Å². The van der Waals surface area contributed by atoms with Gasteiger partial charge in [-0.1, -0.05) is 32.4 Å². The van der Waals surface area contributed by atoms with Crippen LogP contribution in [0, 0.1) is 11.3 Å². The van der Waals surface area contributed by atoms with E-state index < -0.39 is 0 Å². The molecule has 0 heterocycles. The highest BCUT2D eigenvalue weighted by atomic mass is 16.3. The first-order chi connectivity index (χ1) is 6.27. The lowest BCUT2D eigenvalue weighted by Gasteiger charge is -2.33. The normalized spacial score (nSPS) is 16.2. The molecule has 0 fully saturated rings. The molecule has 14 heavy (non-hydrogen) atoms. The van der Waals surface area contributed by atoms with Crippen LogP contribution in [-0.4, -0.2) is 11.2 Å². The van der Waals surface area contributed by atoms with Crippen molar-refractivity contribution in [2.75, 3.05) is 0 Å². The Bertz CT molecular complexity index is 185. The maximum atomic E-state index is 9.55. The van der Waals surface area contributed by atoms with E-state index >= 15 is 0 Å². The lowest BCUT2D eigenvalue weighted by molar-refractivity contribution is 0.0543. The first-order valence-corrected chi connectivity index (χ1v) is 5.59. The van der Waals surface area contributed by atoms with Crippen molar-refractivity contribution in [1.29, 1.82) is 0 Å². The summed E-state index contributed by atoms with van der Waals surface area (Å²) in [6.45, 7) is 12.8. The van der Waals surface area contributed by atoms with Crippen LogP contribution in [0.15, 0.2) is 11.6 Å². The van der Waals surface area contributed by atoms with Crippen molar-refractivity contribution < 1.29 is 5.11 Å². The predicted molar refractivity (Wildman–Crippen MR) is 63.3 cm³/mol. The minimum Gasteiger partial charge on any atom is -0.393 e. The Balaban J connectivity index is 4.13. The summed E-state index contributed by atoms with van der Waals surface area (Å²) in [5, 5.41) is 9.55. The van der Waals surface area contributed by atoms with Crippen molar-refractivity contribution in [3.8, 4) is 0 Å². The Morgan fingerprint density at radius 2 is 1.79 bits per heavy atom. The summed E-state index contributed by atoms with van der Waals surface area (Å²) in [4.78, 5) is 0. The SMILES string of the molecule is CC(C)=CCCC(C)(C)[C@H](C)[C@H](C)O. The molecule has 2 atom stereocenters. The number of aliphatic hydroxyl groups excluding tert-OH is 1. The summed E-state index contributed by atoms with van der Waals surface area (Å²) < 4.78 is 0. The average Bonchev–Trinajstić information content (AvgIpc) is 2.01. The van der Waals surface area contributed by atoms with Gasteiger partial charge >= 0.3 is 0 Å². The van der Waals surface area contributed by atoms with Crippen molar-refractivity contribution in [3.63, 3.8) is 0 Å². The van der Waals surface area contributed by atoms with Crippen LogP contribution in [0.4, 0.5) is 0 Å². The van der Waals surface area contributed by atoms with Crippen molar-refractivity contribution in [3.05, 3.63) is 11.6 Å². The van der Waals surface area contributed by atoms with Gasteiger partial charge in [0.1, 0.15) is 0 Å². The molecular weight excluding hydrogens is 172 g/mol. The maximum absolute atomic E-state index is 9.55. The first kappa shape index (κ1) is 13.7. The molecule has 0 aromatic rings. The summed E-state index contributed by atoms with van der Waals surface area (Å²) in [6.07, 6.45) is 4.32. The fourth-order valence-electron chi connectivity index (χ4n) is 1.61. The van der Waals surface area contributed by atoms with Crippen LogP contribution in [0.5, 0.6) is 0 Å². The van der Waals surface area contributed by atoms with E-state index in [4.69, 9.17) is 0 Å². The quantitative estimate of drug-likeness (QED) is 0.667. The van der Waals surface area contributed by atoms with Gasteiger partial charge in [0.25, 0.3) is 0 Å². The smallest absolute Gasteiger partial charge is 0.0542 e. The fraction of sp³-hybridized carbons (Fsp3) is 0.846. The third-order valence-corrected chi connectivity index (χ3v) is 3.30. The van der Waals surface area contributed by atoms with E-state index in [1.165, 1.54) is 5.57 Å². The largest absolute Gasteiger partial charge is 0.393 e. The fourth-order valence-corrected chi connectivity index (χ4v) is 1.61. The number of hydrogen-bond acceptors (Lipinski definition) is 1. The molecule has 0 aliphatic heterocycles. The minimum absolute atomic E-state index is 0.211. The molecule has 0 radical (unpaired) electrons. The highest BCUT2D eigenvalue weighted by Gasteiger charge is 2.28. The van der Waals surface area contributed by atoms with Crippen LogP contribution in [0.3, 0.4) is 0 Å². The molecule has 0 saturated carbocycles. The van der Waals surface area contributed by atoms with Gasteiger partial charge in [-0.3, -0.25) is 0 Å². The molecule has 0 aromatic carbocycles. The van der Waals surface area contributed by atoms with Crippen LogP contribution in [0.25, 0.3) is 0 Å². The molecule has 0 aliphatic rings. The van der Waals surface area contributed by atoms with E-state index in [1.807, 2.05) is 6.92 Å². The summed E-state index contributed by atoms with van der Waals surface area (Å²) >= 11 is 0. The van der Waals surface area contributed by atoms with E-state index in [0.717, 1.165) is 12.8 Å². The Labute approximate surface area is 89.2 Å². The zero-order valence-electron chi connectivity index (χ0n) is 10.6. The first-order valence-electron chi connectivity index (χ1n) is 5.59. The molecule has 0 bridgehead atoms.